The molecule has 0 bridgehead atoms. The van der Waals surface area contributed by atoms with Gasteiger partial charge in [0.2, 0.25) is 5.88 Å². The average Bonchev–Trinajstić information content (AvgIpc) is 3.32. The van der Waals surface area contributed by atoms with E-state index in [4.69, 9.17) is 9.15 Å². The van der Waals surface area contributed by atoms with Crippen molar-refractivity contribution in [2.75, 3.05) is 13.2 Å². The molecule has 0 saturated carbocycles. The highest BCUT2D eigenvalue weighted by Gasteiger charge is 2.26. The first kappa shape index (κ1) is 17.3. The molecule has 1 aliphatic heterocycles. The number of pyridine rings is 1. The second-order valence-electron chi connectivity index (χ2n) is 6.64. The molecule has 0 fully saturated rings. The molecular formula is C20H20FN3O3. The molecule has 1 aliphatic rings. The van der Waals surface area contributed by atoms with E-state index in [0.29, 0.717) is 31.7 Å². The fourth-order valence-corrected chi connectivity index (χ4v) is 3.38. The van der Waals surface area contributed by atoms with Gasteiger partial charge in [0.15, 0.2) is 5.82 Å². The van der Waals surface area contributed by atoms with Crippen molar-refractivity contribution in [3.63, 3.8) is 0 Å². The van der Waals surface area contributed by atoms with Crippen LogP contribution in [0.2, 0.25) is 0 Å². The second-order valence-corrected chi connectivity index (χ2v) is 6.64. The fraction of sp³-hybridized carbons (Fsp3) is 0.300. The molecule has 6 nitrogen and oxygen atoms in total. The molecule has 0 N–H and O–H groups in total. The third-order valence-electron chi connectivity index (χ3n) is 4.75. The lowest BCUT2D eigenvalue weighted by Crippen LogP contribution is -2.34. The van der Waals surface area contributed by atoms with E-state index >= 15 is 0 Å². The number of fused-ring (bicyclic) bond motifs is 1. The number of aromatic nitrogens is 2. The highest BCUT2D eigenvalue weighted by atomic mass is 19.1. The van der Waals surface area contributed by atoms with Gasteiger partial charge < -0.3 is 18.6 Å². The molecule has 0 aromatic carbocycles. The monoisotopic (exact) mass is 369 g/mol. The van der Waals surface area contributed by atoms with E-state index in [1.54, 1.807) is 6.07 Å². The van der Waals surface area contributed by atoms with E-state index in [-0.39, 0.29) is 17.7 Å². The number of ether oxygens (including phenoxy) is 1. The molecular weight excluding hydrogens is 349 g/mol. The van der Waals surface area contributed by atoms with Crippen molar-refractivity contribution in [2.45, 2.75) is 19.5 Å². The quantitative estimate of drug-likeness (QED) is 0.692. The molecule has 0 spiro atoms. The lowest BCUT2D eigenvalue weighted by molar-refractivity contribution is 0.0711. The first-order chi connectivity index (χ1) is 13.2. The van der Waals surface area contributed by atoms with Crippen molar-refractivity contribution in [2.24, 2.45) is 5.92 Å². The van der Waals surface area contributed by atoms with Crippen LogP contribution in [0.15, 0.2) is 59.7 Å². The van der Waals surface area contributed by atoms with Gasteiger partial charge in [0.25, 0.3) is 5.91 Å². The van der Waals surface area contributed by atoms with Gasteiger partial charge >= 0.3 is 0 Å². The van der Waals surface area contributed by atoms with Gasteiger partial charge in [-0.25, -0.2) is 9.37 Å². The van der Waals surface area contributed by atoms with E-state index in [2.05, 4.69) is 9.55 Å². The van der Waals surface area contributed by atoms with Gasteiger partial charge in [-0.3, -0.25) is 4.79 Å². The predicted octanol–water partition coefficient (Wildman–Crippen LogP) is 3.36. The minimum absolute atomic E-state index is 0.0131. The van der Waals surface area contributed by atoms with Crippen LogP contribution in [0.1, 0.15) is 22.5 Å². The summed E-state index contributed by atoms with van der Waals surface area (Å²) in [5.41, 5.74) is 1.63. The first-order valence-electron chi connectivity index (χ1n) is 8.89. The van der Waals surface area contributed by atoms with Crippen LogP contribution < -0.4 is 4.74 Å². The molecule has 3 aromatic rings. The molecule has 4 rings (SSSR count). The number of nitrogens with zero attached hydrogens (tertiary/aromatic N) is 3. The fourth-order valence-electron chi connectivity index (χ4n) is 3.38. The van der Waals surface area contributed by atoms with Crippen molar-refractivity contribution in [1.29, 1.82) is 0 Å². The Balaban J connectivity index is 1.45. The molecule has 1 atom stereocenters. The maximum absolute atomic E-state index is 13.6. The molecule has 0 aliphatic carbocycles. The predicted molar refractivity (Wildman–Crippen MR) is 95.7 cm³/mol. The van der Waals surface area contributed by atoms with Crippen LogP contribution in [0, 0.1) is 11.7 Å². The molecule has 27 heavy (non-hydrogen) atoms. The largest absolute Gasteiger partial charge is 0.476 e. The molecule has 7 heteroatoms. The molecule has 1 unspecified atom stereocenters. The summed E-state index contributed by atoms with van der Waals surface area (Å²) in [6, 6.07) is 8.54. The Morgan fingerprint density at radius 2 is 2.22 bits per heavy atom. The third kappa shape index (κ3) is 3.86. The number of amides is 1. The smallest absolute Gasteiger partial charge is 0.257 e. The Morgan fingerprint density at radius 1 is 1.30 bits per heavy atom. The molecule has 3 aromatic heterocycles. The van der Waals surface area contributed by atoms with Crippen LogP contribution in [0.4, 0.5) is 4.39 Å². The topological polar surface area (TPSA) is 60.5 Å². The summed E-state index contributed by atoms with van der Waals surface area (Å²) in [4.78, 5) is 18.5. The van der Waals surface area contributed by atoms with E-state index in [9.17, 15) is 9.18 Å². The molecule has 0 saturated heterocycles. The van der Waals surface area contributed by atoms with Crippen LogP contribution >= 0.6 is 0 Å². The summed E-state index contributed by atoms with van der Waals surface area (Å²) in [5, 5.41) is 0. The maximum atomic E-state index is 13.6. The summed E-state index contributed by atoms with van der Waals surface area (Å²) < 4.78 is 26.4. The number of carbonyl (C=O) groups is 1. The van der Waals surface area contributed by atoms with Crippen LogP contribution in [-0.4, -0.2) is 33.5 Å². The molecule has 4 heterocycles. The van der Waals surface area contributed by atoms with E-state index < -0.39 is 5.82 Å². The van der Waals surface area contributed by atoms with Gasteiger partial charge in [0.05, 0.1) is 25.0 Å². The van der Waals surface area contributed by atoms with E-state index in [1.807, 2.05) is 23.2 Å². The van der Waals surface area contributed by atoms with Crippen LogP contribution in [0.5, 0.6) is 5.88 Å². The second kappa shape index (κ2) is 7.65. The summed E-state index contributed by atoms with van der Waals surface area (Å²) in [5.74, 6) is -0.330. The summed E-state index contributed by atoms with van der Waals surface area (Å²) >= 11 is 0. The van der Waals surface area contributed by atoms with Gasteiger partial charge in [-0.1, -0.05) is 0 Å². The van der Waals surface area contributed by atoms with Gasteiger partial charge in [-0.15, -0.1) is 0 Å². The Morgan fingerprint density at radius 3 is 3.04 bits per heavy atom. The van der Waals surface area contributed by atoms with Crippen molar-refractivity contribution < 1.29 is 18.3 Å². The normalized spacial score (nSPS) is 16.6. The highest BCUT2D eigenvalue weighted by Crippen LogP contribution is 2.22. The van der Waals surface area contributed by atoms with Crippen molar-refractivity contribution in [3.8, 4) is 5.88 Å². The Hall–Kier alpha value is -3.09. The first-order valence-corrected chi connectivity index (χ1v) is 8.89. The maximum Gasteiger partial charge on any atom is 0.257 e. The van der Waals surface area contributed by atoms with Crippen molar-refractivity contribution in [3.05, 3.63) is 72.3 Å². The number of rotatable bonds is 5. The molecule has 140 valence electrons. The lowest BCUT2D eigenvalue weighted by Gasteiger charge is -2.23. The summed E-state index contributed by atoms with van der Waals surface area (Å²) in [6.45, 7) is 2.26. The number of carbonyl (C=O) groups excluding carboxylic acids is 1. The van der Waals surface area contributed by atoms with Gasteiger partial charge in [-0.2, -0.15) is 0 Å². The minimum Gasteiger partial charge on any atom is -0.476 e. The third-order valence-corrected chi connectivity index (χ3v) is 4.75. The molecule has 0 radical (unpaired) electrons. The van der Waals surface area contributed by atoms with Crippen LogP contribution in [-0.2, 0) is 13.1 Å². The van der Waals surface area contributed by atoms with Crippen LogP contribution in [0.25, 0.3) is 0 Å². The highest BCUT2D eigenvalue weighted by molar-refractivity contribution is 5.93. The zero-order valence-corrected chi connectivity index (χ0v) is 14.8. The van der Waals surface area contributed by atoms with Gasteiger partial charge in [-0.05, 0) is 42.7 Å². The molecule has 1 amide bonds. The average molecular weight is 369 g/mol. The number of hydrogen-bond acceptors (Lipinski definition) is 4. The van der Waals surface area contributed by atoms with Crippen molar-refractivity contribution in [1.82, 2.24) is 14.5 Å². The zero-order chi connectivity index (χ0) is 18.6. The summed E-state index contributed by atoms with van der Waals surface area (Å²) in [7, 11) is 0. The number of hydrogen-bond donors (Lipinski definition) is 0. The van der Waals surface area contributed by atoms with Crippen LogP contribution in [0.3, 0.4) is 0 Å². The number of furan rings is 1. The van der Waals surface area contributed by atoms with E-state index in [0.717, 1.165) is 12.2 Å². The lowest BCUT2D eigenvalue weighted by atomic mass is 10.1. The Kier molecular flexibility index (Phi) is 4.91. The van der Waals surface area contributed by atoms with Gasteiger partial charge in [0.1, 0.15) is 6.26 Å². The Labute approximate surface area is 156 Å². The van der Waals surface area contributed by atoms with E-state index in [1.165, 1.54) is 30.9 Å². The van der Waals surface area contributed by atoms with Crippen molar-refractivity contribution >= 4 is 5.91 Å². The van der Waals surface area contributed by atoms with Gasteiger partial charge in [0, 0.05) is 31.2 Å². The standard InChI is InChI=1S/C20H20FN3O3/c21-18-4-1-7-22-19(18)27-10-5-15-11-23-8-2-3-17(23)13-24(12-15)20(25)16-6-9-26-14-16/h1-4,6-9,14-15H,5,10-13H2. The number of halogens is 1. The SMILES string of the molecule is O=C(c1ccoc1)N1Cc2cccn2CC(CCOc2ncccc2F)C1. The zero-order valence-electron chi connectivity index (χ0n) is 14.8. The summed E-state index contributed by atoms with van der Waals surface area (Å²) in [6.07, 6.45) is 7.17. The Bertz CT molecular complexity index is 907. The minimum atomic E-state index is -0.470.